The van der Waals surface area contributed by atoms with Gasteiger partial charge in [-0.2, -0.15) is 5.26 Å². The van der Waals surface area contributed by atoms with Crippen LogP contribution in [0.4, 0.5) is 0 Å². The average molecular weight is 231 g/mol. The number of aromatic hydroxyl groups is 1. The van der Waals surface area contributed by atoms with E-state index in [1.807, 2.05) is 18.2 Å². The van der Waals surface area contributed by atoms with Crippen molar-refractivity contribution in [3.8, 4) is 11.8 Å². The zero-order valence-corrected chi connectivity index (χ0v) is 11.1. The number of phenols is 1. The Hall–Kier alpha value is -1.49. The van der Waals surface area contributed by atoms with Gasteiger partial charge in [-0.3, -0.25) is 0 Å². The molecule has 1 aromatic rings. The van der Waals surface area contributed by atoms with Gasteiger partial charge < -0.3 is 5.11 Å². The summed E-state index contributed by atoms with van der Waals surface area (Å²) in [6.07, 6.45) is 1.10. The number of nitriles is 1. The molecule has 0 fully saturated rings. The van der Waals surface area contributed by atoms with Crippen molar-refractivity contribution in [1.29, 1.82) is 5.26 Å². The smallest absolute Gasteiger partial charge is 0.133 e. The highest BCUT2D eigenvalue weighted by Gasteiger charge is 2.18. The molecule has 17 heavy (non-hydrogen) atoms. The molecule has 2 heteroatoms. The van der Waals surface area contributed by atoms with Gasteiger partial charge in [-0.25, -0.2) is 0 Å². The number of hydrogen-bond acceptors (Lipinski definition) is 2. The van der Waals surface area contributed by atoms with E-state index < -0.39 is 0 Å². The zero-order valence-electron chi connectivity index (χ0n) is 11.1. The summed E-state index contributed by atoms with van der Waals surface area (Å²) in [6.45, 7) is 8.82. The lowest BCUT2D eigenvalue weighted by molar-refractivity contribution is 0.407. The van der Waals surface area contributed by atoms with Crippen LogP contribution < -0.4 is 0 Å². The van der Waals surface area contributed by atoms with Gasteiger partial charge in [0.05, 0.1) is 5.56 Å². The number of rotatable bonds is 4. The van der Waals surface area contributed by atoms with Crippen LogP contribution >= 0.6 is 0 Å². The third-order valence-electron chi connectivity index (χ3n) is 3.10. The van der Waals surface area contributed by atoms with Gasteiger partial charge in [0.1, 0.15) is 11.8 Å². The lowest BCUT2D eigenvalue weighted by Gasteiger charge is -2.23. The highest BCUT2D eigenvalue weighted by atomic mass is 16.3. The molecule has 0 aliphatic heterocycles. The molecular weight excluding hydrogens is 210 g/mol. The Morgan fingerprint density at radius 2 is 1.88 bits per heavy atom. The quantitative estimate of drug-likeness (QED) is 0.849. The number of phenolic OH excluding ortho intramolecular Hbond substituents is 1. The maximum atomic E-state index is 9.51. The fourth-order valence-corrected chi connectivity index (χ4v) is 2.17. The van der Waals surface area contributed by atoms with E-state index in [4.69, 9.17) is 5.26 Å². The lowest BCUT2D eigenvalue weighted by Crippen LogP contribution is -2.10. The molecule has 0 amide bonds. The standard InChI is InChI=1S/C15H21NO/c1-10(2)7-14(11(3)4)12-5-6-15(17)13(8-12)9-16/h5-6,8,10-11,14,17H,7H2,1-4H3. The molecule has 0 saturated heterocycles. The first-order valence-electron chi connectivity index (χ1n) is 6.18. The predicted molar refractivity (Wildman–Crippen MR) is 69.9 cm³/mol. The highest BCUT2D eigenvalue weighted by molar-refractivity contribution is 5.45. The normalized spacial score (nSPS) is 12.8. The Morgan fingerprint density at radius 1 is 1.24 bits per heavy atom. The molecule has 0 radical (unpaired) electrons. The summed E-state index contributed by atoms with van der Waals surface area (Å²) in [7, 11) is 0. The van der Waals surface area contributed by atoms with E-state index in [9.17, 15) is 5.11 Å². The fraction of sp³-hybridized carbons (Fsp3) is 0.533. The Balaban J connectivity index is 3.07. The summed E-state index contributed by atoms with van der Waals surface area (Å²) in [5.41, 5.74) is 1.53. The van der Waals surface area contributed by atoms with Crippen molar-refractivity contribution in [3.05, 3.63) is 29.3 Å². The van der Waals surface area contributed by atoms with E-state index in [1.54, 1.807) is 6.07 Å². The lowest BCUT2D eigenvalue weighted by atomic mass is 9.82. The molecule has 1 unspecified atom stereocenters. The van der Waals surface area contributed by atoms with Crippen LogP contribution in [-0.2, 0) is 0 Å². The Morgan fingerprint density at radius 3 is 2.35 bits per heavy atom. The first-order valence-corrected chi connectivity index (χ1v) is 6.18. The SMILES string of the molecule is CC(C)CC(c1ccc(O)c(C#N)c1)C(C)C. The van der Waals surface area contributed by atoms with E-state index in [0.29, 0.717) is 23.3 Å². The van der Waals surface area contributed by atoms with E-state index in [-0.39, 0.29) is 5.75 Å². The molecule has 2 nitrogen and oxygen atoms in total. The van der Waals surface area contributed by atoms with Gasteiger partial charge in [0, 0.05) is 0 Å². The van der Waals surface area contributed by atoms with Crippen molar-refractivity contribution >= 4 is 0 Å². The Labute approximate surface area is 104 Å². The first kappa shape index (κ1) is 13.6. The summed E-state index contributed by atoms with van der Waals surface area (Å²) < 4.78 is 0. The maximum Gasteiger partial charge on any atom is 0.133 e. The second-order valence-corrected chi connectivity index (χ2v) is 5.37. The minimum atomic E-state index is 0.0725. The van der Waals surface area contributed by atoms with Crippen LogP contribution in [0.5, 0.6) is 5.75 Å². The molecule has 0 saturated carbocycles. The minimum Gasteiger partial charge on any atom is -0.507 e. The first-order chi connectivity index (χ1) is 7.95. The number of benzene rings is 1. The molecule has 1 atom stereocenters. The van der Waals surface area contributed by atoms with E-state index in [1.165, 1.54) is 0 Å². The summed E-state index contributed by atoms with van der Waals surface area (Å²) >= 11 is 0. The molecule has 0 heterocycles. The van der Waals surface area contributed by atoms with Gasteiger partial charge in [-0.05, 0) is 41.9 Å². The van der Waals surface area contributed by atoms with Crippen LogP contribution in [0.3, 0.4) is 0 Å². The number of hydrogen-bond donors (Lipinski definition) is 1. The average Bonchev–Trinajstić information content (AvgIpc) is 2.26. The Kier molecular flexibility index (Phi) is 4.57. The van der Waals surface area contributed by atoms with E-state index in [2.05, 4.69) is 27.7 Å². The van der Waals surface area contributed by atoms with Crippen LogP contribution in [-0.4, -0.2) is 5.11 Å². The molecule has 0 aromatic heterocycles. The van der Waals surface area contributed by atoms with Crippen molar-refractivity contribution in [2.24, 2.45) is 11.8 Å². The van der Waals surface area contributed by atoms with Gasteiger partial charge in [-0.1, -0.05) is 33.8 Å². The van der Waals surface area contributed by atoms with Crippen LogP contribution in [0.25, 0.3) is 0 Å². The second kappa shape index (κ2) is 5.72. The third-order valence-corrected chi connectivity index (χ3v) is 3.10. The summed E-state index contributed by atoms with van der Waals surface area (Å²) in [5.74, 6) is 1.68. The van der Waals surface area contributed by atoms with Crippen molar-refractivity contribution < 1.29 is 5.11 Å². The monoisotopic (exact) mass is 231 g/mol. The van der Waals surface area contributed by atoms with Gasteiger partial charge in [0.15, 0.2) is 0 Å². The molecule has 0 aliphatic rings. The zero-order chi connectivity index (χ0) is 13.0. The summed E-state index contributed by atoms with van der Waals surface area (Å²) in [6, 6.07) is 7.42. The van der Waals surface area contributed by atoms with Crippen LogP contribution in [0.1, 0.15) is 51.2 Å². The van der Waals surface area contributed by atoms with Crippen molar-refractivity contribution in [3.63, 3.8) is 0 Å². The largest absolute Gasteiger partial charge is 0.507 e. The molecule has 92 valence electrons. The number of nitrogens with zero attached hydrogens (tertiary/aromatic N) is 1. The molecule has 0 spiro atoms. The van der Waals surface area contributed by atoms with Crippen LogP contribution in [0.2, 0.25) is 0 Å². The molecule has 1 rings (SSSR count). The molecule has 1 aromatic carbocycles. The second-order valence-electron chi connectivity index (χ2n) is 5.37. The summed E-state index contributed by atoms with van der Waals surface area (Å²) in [5, 5.41) is 18.4. The highest BCUT2D eigenvalue weighted by Crippen LogP contribution is 2.33. The third kappa shape index (κ3) is 3.49. The molecular formula is C15H21NO. The fourth-order valence-electron chi connectivity index (χ4n) is 2.17. The molecule has 0 bridgehead atoms. The predicted octanol–water partition coefficient (Wildman–Crippen LogP) is 4.05. The molecule has 0 aliphatic carbocycles. The van der Waals surface area contributed by atoms with Crippen molar-refractivity contribution in [2.45, 2.75) is 40.0 Å². The topological polar surface area (TPSA) is 44.0 Å². The van der Waals surface area contributed by atoms with E-state index in [0.717, 1.165) is 12.0 Å². The van der Waals surface area contributed by atoms with Gasteiger partial charge in [-0.15, -0.1) is 0 Å². The summed E-state index contributed by atoms with van der Waals surface area (Å²) in [4.78, 5) is 0. The van der Waals surface area contributed by atoms with Crippen molar-refractivity contribution in [2.75, 3.05) is 0 Å². The van der Waals surface area contributed by atoms with E-state index >= 15 is 0 Å². The van der Waals surface area contributed by atoms with Crippen LogP contribution in [0, 0.1) is 23.2 Å². The minimum absolute atomic E-state index is 0.0725. The van der Waals surface area contributed by atoms with Gasteiger partial charge in [0.25, 0.3) is 0 Å². The molecule has 1 N–H and O–H groups in total. The van der Waals surface area contributed by atoms with Gasteiger partial charge in [0.2, 0.25) is 0 Å². The van der Waals surface area contributed by atoms with Gasteiger partial charge >= 0.3 is 0 Å². The van der Waals surface area contributed by atoms with Crippen LogP contribution in [0.15, 0.2) is 18.2 Å². The Bertz CT molecular complexity index is 415. The van der Waals surface area contributed by atoms with Crippen molar-refractivity contribution in [1.82, 2.24) is 0 Å². The maximum absolute atomic E-state index is 9.51.